The van der Waals surface area contributed by atoms with Gasteiger partial charge in [0.25, 0.3) is 0 Å². The molecule has 12 aromatic rings. The molecule has 0 bridgehead atoms. The molecule has 0 saturated heterocycles. The van der Waals surface area contributed by atoms with Crippen molar-refractivity contribution < 1.29 is 4.42 Å². The Kier molecular flexibility index (Phi) is 9.11. The zero-order valence-electron chi connectivity index (χ0n) is 36.7. The molecule has 1 heterocycles. The molecule has 1 aliphatic rings. The van der Waals surface area contributed by atoms with E-state index in [0.29, 0.717) is 0 Å². The van der Waals surface area contributed by atoms with Crippen molar-refractivity contribution in [2.45, 2.75) is 5.41 Å². The molecule has 2 nitrogen and oxygen atoms in total. The summed E-state index contributed by atoms with van der Waals surface area (Å²) < 4.78 is 6.51. The first-order valence-electron chi connectivity index (χ1n) is 23.1. The maximum atomic E-state index is 6.51. The predicted octanol–water partition coefficient (Wildman–Crippen LogP) is 17.6. The molecular weight excluding hydrogens is 811 g/mol. The Bertz CT molecular complexity index is 3740. The Morgan fingerprint density at radius 2 is 0.821 bits per heavy atom. The molecular formula is C65H43NO. The largest absolute Gasteiger partial charge is 0.455 e. The van der Waals surface area contributed by atoms with Crippen molar-refractivity contribution in [2.75, 3.05) is 4.90 Å². The van der Waals surface area contributed by atoms with Crippen LogP contribution in [0.5, 0.6) is 0 Å². The fourth-order valence-electron chi connectivity index (χ4n) is 10.9. The number of nitrogens with zero attached hydrogens (tertiary/aromatic N) is 1. The van der Waals surface area contributed by atoms with Crippen LogP contribution in [0.2, 0.25) is 0 Å². The van der Waals surface area contributed by atoms with E-state index >= 15 is 0 Å². The summed E-state index contributed by atoms with van der Waals surface area (Å²) >= 11 is 0. The zero-order chi connectivity index (χ0) is 44.3. The Balaban J connectivity index is 0.973. The van der Waals surface area contributed by atoms with Crippen LogP contribution in [0.25, 0.3) is 77.2 Å². The second-order valence-corrected chi connectivity index (χ2v) is 17.6. The third kappa shape index (κ3) is 6.26. The van der Waals surface area contributed by atoms with Crippen molar-refractivity contribution in [3.63, 3.8) is 0 Å². The minimum atomic E-state index is -0.521. The first-order chi connectivity index (χ1) is 33.2. The van der Waals surface area contributed by atoms with Crippen molar-refractivity contribution in [1.82, 2.24) is 0 Å². The van der Waals surface area contributed by atoms with Gasteiger partial charge in [0.2, 0.25) is 0 Å². The molecule has 0 aliphatic heterocycles. The summed E-state index contributed by atoms with van der Waals surface area (Å²) in [6, 6.07) is 95.0. The van der Waals surface area contributed by atoms with Crippen LogP contribution in [0.15, 0.2) is 265 Å². The number of anilines is 3. The van der Waals surface area contributed by atoms with Crippen LogP contribution in [0.4, 0.5) is 17.1 Å². The summed E-state index contributed by atoms with van der Waals surface area (Å²) in [7, 11) is 0. The molecule has 0 spiro atoms. The minimum Gasteiger partial charge on any atom is -0.455 e. The van der Waals surface area contributed by atoms with Crippen LogP contribution in [0, 0.1) is 0 Å². The Morgan fingerprint density at radius 1 is 0.328 bits per heavy atom. The van der Waals surface area contributed by atoms with Crippen LogP contribution < -0.4 is 4.90 Å². The molecule has 11 aromatic carbocycles. The molecule has 0 N–H and O–H groups in total. The summed E-state index contributed by atoms with van der Waals surface area (Å²) in [5.41, 5.74) is 19.1. The van der Waals surface area contributed by atoms with Gasteiger partial charge in [0, 0.05) is 33.3 Å². The second-order valence-electron chi connectivity index (χ2n) is 17.6. The van der Waals surface area contributed by atoms with E-state index in [0.717, 1.165) is 50.1 Å². The normalized spacial score (nSPS) is 12.6. The highest BCUT2D eigenvalue weighted by Gasteiger charge is 2.47. The van der Waals surface area contributed by atoms with Crippen molar-refractivity contribution in [1.29, 1.82) is 0 Å². The number of hydrogen-bond acceptors (Lipinski definition) is 2. The molecule has 13 rings (SSSR count). The molecule has 0 radical (unpaired) electrons. The topological polar surface area (TPSA) is 16.4 Å². The van der Waals surface area contributed by atoms with Crippen LogP contribution in [-0.2, 0) is 5.41 Å². The Hall–Kier alpha value is -8.72. The van der Waals surface area contributed by atoms with Gasteiger partial charge in [-0.15, -0.1) is 0 Å². The highest BCUT2D eigenvalue weighted by Crippen LogP contribution is 2.59. The van der Waals surface area contributed by atoms with E-state index in [-0.39, 0.29) is 0 Å². The van der Waals surface area contributed by atoms with E-state index in [1.165, 1.54) is 66.4 Å². The fraction of sp³-hybridized carbons (Fsp3) is 0.0154. The average Bonchev–Trinajstić information content (AvgIpc) is 3.94. The summed E-state index contributed by atoms with van der Waals surface area (Å²) in [5, 5.41) is 4.71. The van der Waals surface area contributed by atoms with E-state index in [4.69, 9.17) is 4.42 Å². The molecule has 0 saturated carbocycles. The smallest absolute Gasteiger partial charge is 0.143 e. The van der Waals surface area contributed by atoms with Crippen molar-refractivity contribution in [2.24, 2.45) is 0 Å². The van der Waals surface area contributed by atoms with Gasteiger partial charge in [0.1, 0.15) is 11.2 Å². The van der Waals surface area contributed by atoms with Gasteiger partial charge in [0.05, 0.1) is 11.1 Å². The SMILES string of the molecule is c1ccc(-c2ccc3cc(-c4ccc(N(c5ccc(-c6cccc7c6oc6ccccc67)cc5)c5cccc6c5-c5ccccc5C6(c5ccccc5)c5ccccc5)cc4)ccc3c2)cc1. The highest BCUT2D eigenvalue weighted by molar-refractivity contribution is 6.09. The molecule has 67 heavy (non-hydrogen) atoms. The van der Waals surface area contributed by atoms with Crippen molar-refractivity contribution in [3.05, 3.63) is 283 Å². The van der Waals surface area contributed by atoms with Crippen molar-refractivity contribution >= 4 is 49.8 Å². The van der Waals surface area contributed by atoms with Gasteiger partial charge < -0.3 is 9.32 Å². The maximum absolute atomic E-state index is 6.51. The molecule has 314 valence electrons. The third-order valence-corrected chi connectivity index (χ3v) is 13.9. The fourth-order valence-corrected chi connectivity index (χ4v) is 10.9. The molecule has 0 fully saturated rings. The lowest BCUT2D eigenvalue weighted by molar-refractivity contribution is 0.670. The predicted molar refractivity (Wildman–Crippen MR) is 280 cm³/mol. The average molecular weight is 854 g/mol. The van der Waals surface area contributed by atoms with Crippen molar-refractivity contribution in [3.8, 4) is 44.5 Å². The molecule has 0 unspecified atom stereocenters. The first-order valence-corrected chi connectivity index (χ1v) is 23.1. The summed E-state index contributed by atoms with van der Waals surface area (Å²) in [4.78, 5) is 2.45. The summed E-state index contributed by atoms with van der Waals surface area (Å²) in [6.45, 7) is 0. The number of furan rings is 1. The number of fused-ring (bicyclic) bond motifs is 7. The van der Waals surface area contributed by atoms with E-state index in [1.54, 1.807) is 0 Å². The Morgan fingerprint density at radius 3 is 1.49 bits per heavy atom. The number of para-hydroxylation sites is 2. The monoisotopic (exact) mass is 853 g/mol. The standard InChI is InChI=1S/C65H43NO/c1-4-16-44(17-5-1)47-30-32-50-43-48(31-33-49(50)42-47)45-34-38-53(39-35-45)66(54-40-36-46(37-41-54)55-24-14-25-57-56-22-11-13-29-62(56)67-64(55)57)61-28-15-27-60-63(61)58-23-10-12-26-59(58)65(60,51-18-6-2-7-19-51)52-20-8-3-9-21-52/h1-43H. The van der Waals surface area contributed by atoms with Crippen LogP contribution in [-0.4, -0.2) is 0 Å². The molecule has 2 heteroatoms. The van der Waals surface area contributed by atoms with Gasteiger partial charge in [-0.3, -0.25) is 0 Å². The van der Waals surface area contributed by atoms with E-state index in [1.807, 2.05) is 12.1 Å². The second kappa shape index (κ2) is 15.8. The molecule has 1 aromatic heterocycles. The van der Waals surface area contributed by atoms with Crippen LogP contribution in [0.3, 0.4) is 0 Å². The quantitative estimate of drug-likeness (QED) is 0.151. The molecule has 1 aliphatic carbocycles. The third-order valence-electron chi connectivity index (χ3n) is 13.9. The lowest BCUT2D eigenvalue weighted by Crippen LogP contribution is -2.28. The van der Waals surface area contributed by atoms with Gasteiger partial charge in [0.15, 0.2) is 0 Å². The first kappa shape index (κ1) is 38.7. The lowest BCUT2D eigenvalue weighted by atomic mass is 9.68. The summed E-state index contributed by atoms with van der Waals surface area (Å²) in [5.74, 6) is 0. The lowest BCUT2D eigenvalue weighted by Gasteiger charge is -2.34. The number of benzene rings is 11. The zero-order valence-corrected chi connectivity index (χ0v) is 36.7. The van der Waals surface area contributed by atoms with Gasteiger partial charge in [-0.25, -0.2) is 0 Å². The van der Waals surface area contributed by atoms with Gasteiger partial charge in [-0.05, 0) is 115 Å². The van der Waals surface area contributed by atoms with Gasteiger partial charge in [-0.1, -0.05) is 212 Å². The number of hydrogen-bond donors (Lipinski definition) is 0. The van der Waals surface area contributed by atoms with Gasteiger partial charge >= 0.3 is 0 Å². The summed E-state index contributed by atoms with van der Waals surface area (Å²) in [6.07, 6.45) is 0. The van der Waals surface area contributed by atoms with E-state index < -0.39 is 5.41 Å². The van der Waals surface area contributed by atoms with Gasteiger partial charge in [-0.2, -0.15) is 0 Å². The van der Waals surface area contributed by atoms with Crippen LogP contribution >= 0.6 is 0 Å². The maximum Gasteiger partial charge on any atom is 0.143 e. The molecule has 0 atom stereocenters. The Labute approximate surface area is 390 Å². The highest BCUT2D eigenvalue weighted by atomic mass is 16.3. The molecule has 0 amide bonds. The van der Waals surface area contributed by atoms with E-state index in [9.17, 15) is 0 Å². The van der Waals surface area contributed by atoms with E-state index in [2.05, 4.69) is 254 Å². The van der Waals surface area contributed by atoms with Crippen LogP contribution in [0.1, 0.15) is 22.3 Å². The minimum absolute atomic E-state index is 0.521. The number of rotatable bonds is 8.